The summed E-state index contributed by atoms with van der Waals surface area (Å²) in [4.78, 5) is 4.45. The fraction of sp³-hybridized carbons (Fsp3) is 0.500. The maximum absolute atomic E-state index is 9.40. The van der Waals surface area contributed by atoms with Crippen LogP contribution in [0.4, 0.5) is 0 Å². The second-order valence-electron chi connectivity index (χ2n) is 5.05. The van der Waals surface area contributed by atoms with E-state index in [0.29, 0.717) is 10.5 Å². The monoisotopic (exact) mass is 280 g/mol. The molecule has 104 valence electrons. The summed E-state index contributed by atoms with van der Waals surface area (Å²) in [6, 6.07) is 7.75. The van der Waals surface area contributed by atoms with Crippen LogP contribution in [0.15, 0.2) is 33.9 Å². The highest BCUT2D eigenvalue weighted by Crippen LogP contribution is 2.30. The highest BCUT2D eigenvalue weighted by molar-refractivity contribution is 7.99. The van der Waals surface area contributed by atoms with Crippen molar-refractivity contribution in [2.75, 3.05) is 13.7 Å². The van der Waals surface area contributed by atoms with Gasteiger partial charge in [0, 0.05) is 10.8 Å². The Bertz CT molecular complexity index is 504. The van der Waals surface area contributed by atoms with E-state index in [2.05, 4.69) is 17.2 Å². The van der Waals surface area contributed by atoms with Gasteiger partial charge < -0.3 is 14.8 Å². The molecule has 4 nitrogen and oxygen atoms in total. The lowest BCUT2D eigenvalue weighted by Crippen LogP contribution is -2.45. The van der Waals surface area contributed by atoms with E-state index in [-0.39, 0.29) is 12.1 Å². The normalized spacial score (nSPS) is 16.4. The average Bonchev–Trinajstić information content (AvgIpc) is 2.80. The number of nitrogens with zero attached hydrogens (tertiary/aromatic N) is 1. The second kappa shape index (κ2) is 5.94. The van der Waals surface area contributed by atoms with E-state index in [1.807, 2.05) is 38.2 Å². The first-order valence-corrected chi connectivity index (χ1v) is 7.26. The van der Waals surface area contributed by atoms with Crippen LogP contribution in [0.5, 0.6) is 0 Å². The minimum atomic E-state index is -0.265. The molecule has 0 bridgehead atoms. The fourth-order valence-corrected chi connectivity index (χ4v) is 3.08. The summed E-state index contributed by atoms with van der Waals surface area (Å²) >= 11 is 1.60. The molecular formula is C14H20N2O2S. The fourth-order valence-electron chi connectivity index (χ4n) is 2.00. The van der Waals surface area contributed by atoms with Crippen LogP contribution in [0.1, 0.15) is 20.3 Å². The molecule has 0 amide bonds. The molecule has 0 saturated carbocycles. The first-order chi connectivity index (χ1) is 9.06. The number of fused-ring (bicyclic) bond motifs is 1. The van der Waals surface area contributed by atoms with Gasteiger partial charge in [0.1, 0.15) is 5.52 Å². The smallest absolute Gasteiger partial charge is 0.256 e. The van der Waals surface area contributed by atoms with Crippen molar-refractivity contribution >= 4 is 22.9 Å². The van der Waals surface area contributed by atoms with Gasteiger partial charge >= 0.3 is 0 Å². The van der Waals surface area contributed by atoms with Crippen LogP contribution in [0.25, 0.3) is 11.1 Å². The van der Waals surface area contributed by atoms with Gasteiger partial charge in [0.15, 0.2) is 5.58 Å². The van der Waals surface area contributed by atoms with E-state index in [1.165, 1.54) is 0 Å². The number of aromatic nitrogens is 1. The lowest BCUT2D eigenvalue weighted by atomic mass is 9.98. The number of rotatable bonds is 6. The maximum atomic E-state index is 9.40. The molecule has 2 aromatic rings. The molecule has 19 heavy (non-hydrogen) atoms. The molecule has 1 heterocycles. The molecule has 0 aliphatic rings. The predicted molar refractivity (Wildman–Crippen MR) is 78.5 cm³/mol. The Kier molecular flexibility index (Phi) is 4.50. The number of oxazole rings is 1. The molecule has 1 aromatic carbocycles. The molecule has 0 fully saturated rings. The molecule has 2 unspecified atom stereocenters. The zero-order valence-corrected chi connectivity index (χ0v) is 12.3. The van der Waals surface area contributed by atoms with E-state index in [9.17, 15) is 5.11 Å². The van der Waals surface area contributed by atoms with Gasteiger partial charge in [-0.3, -0.25) is 0 Å². The molecule has 0 aliphatic heterocycles. The number of aliphatic hydroxyl groups excluding tert-OH is 1. The molecule has 5 heteroatoms. The van der Waals surface area contributed by atoms with E-state index in [0.717, 1.165) is 17.5 Å². The Morgan fingerprint density at radius 2 is 2.21 bits per heavy atom. The van der Waals surface area contributed by atoms with Gasteiger partial charge in [0.25, 0.3) is 5.22 Å². The molecule has 2 atom stereocenters. The number of nitrogens with one attached hydrogen (secondary N) is 1. The summed E-state index contributed by atoms with van der Waals surface area (Å²) in [6.45, 7) is 4.24. The Morgan fingerprint density at radius 3 is 2.84 bits per heavy atom. The van der Waals surface area contributed by atoms with E-state index in [1.54, 1.807) is 11.8 Å². The molecular weight excluding hydrogens is 260 g/mol. The minimum Gasteiger partial charge on any atom is -0.431 e. The van der Waals surface area contributed by atoms with Crippen LogP contribution in [0.3, 0.4) is 0 Å². The predicted octanol–water partition coefficient (Wildman–Crippen LogP) is 2.67. The topological polar surface area (TPSA) is 58.3 Å². The third-order valence-corrected chi connectivity index (χ3v) is 4.21. The number of benzene rings is 1. The number of hydrogen-bond acceptors (Lipinski definition) is 5. The van der Waals surface area contributed by atoms with Gasteiger partial charge in [0.05, 0.1) is 6.61 Å². The van der Waals surface area contributed by atoms with Crippen LogP contribution in [-0.4, -0.2) is 34.5 Å². The van der Waals surface area contributed by atoms with Crippen molar-refractivity contribution in [1.29, 1.82) is 0 Å². The lowest BCUT2D eigenvalue weighted by molar-refractivity contribution is 0.174. The summed E-state index contributed by atoms with van der Waals surface area (Å²) in [5.41, 5.74) is 1.43. The van der Waals surface area contributed by atoms with Crippen molar-refractivity contribution in [2.24, 2.45) is 0 Å². The zero-order valence-electron chi connectivity index (χ0n) is 11.5. The Hall–Kier alpha value is -1.04. The average molecular weight is 280 g/mol. The van der Waals surface area contributed by atoms with Crippen LogP contribution in [0.2, 0.25) is 0 Å². The van der Waals surface area contributed by atoms with Crippen molar-refractivity contribution in [3.05, 3.63) is 24.3 Å². The Morgan fingerprint density at radius 1 is 1.47 bits per heavy atom. The second-order valence-corrected chi connectivity index (χ2v) is 6.44. The zero-order chi connectivity index (χ0) is 13.9. The summed E-state index contributed by atoms with van der Waals surface area (Å²) in [7, 11) is 1.87. The SMILES string of the molecule is CNC(C)(CO)CC(C)Sc1nc2ccccc2o1. The van der Waals surface area contributed by atoms with Crippen molar-refractivity contribution in [1.82, 2.24) is 10.3 Å². The summed E-state index contributed by atoms with van der Waals surface area (Å²) in [5, 5.41) is 13.5. The highest BCUT2D eigenvalue weighted by Gasteiger charge is 2.25. The van der Waals surface area contributed by atoms with Crippen LogP contribution < -0.4 is 5.32 Å². The number of likely N-dealkylation sites (N-methyl/N-ethyl adjacent to an activating group) is 1. The molecule has 2 N–H and O–H groups in total. The van der Waals surface area contributed by atoms with Crippen molar-refractivity contribution in [2.45, 2.75) is 36.3 Å². The minimum absolute atomic E-state index is 0.113. The molecule has 0 saturated heterocycles. The Labute approximate surface area is 117 Å². The van der Waals surface area contributed by atoms with E-state index >= 15 is 0 Å². The first-order valence-electron chi connectivity index (χ1n) is 6.38. The highest BCUT2D eigenvalue weighted by atomic mass is 32.2. The van der Waals surface area contributed by atoms with Gasteiger partial charge in [-0.1, -0.05) is 30.8 Å². The quantitative estimate of drug-likeness (QED) is 0.797. The molecule has 0 aliphatic carbocycles. The standard InChI is InChI=1S/C14H20N2O2S/c1-10(8-14(2,9-17)15-3)19-13-16-11-6-4-5-7-12(11)18-13/h4-7,10,15,17H,8-9H2,1-3H3. The summed E-state index contributed by atoms with van der Waals surface area (Å²) < 4.78 is 5.69. The molecule has 0 spiro atoms. The third kappa shape index (κ3) is 3.49. The third-order valence-electron chi connectivity index (χ3n) is 3.27. The summed E-state index contributed by atoms with van der Waals surface area (Å²) in [6.07, 6.45) is 0.837. The van der Waals surface area contributed by atoms with Gasteiger partial charge in [-0.15, -0.1) is 0 Å². The van der Waals surface area contributed by atoms with Crippen LogP contribution in [0, 0.1) is 0 Å². The molecule has 2 rings (SSSR count). The first kappa shape index (κ1) is 14.4. The van der Waals surface area contributed by atoms with Crippen LogP contribution in [-0.2, 0) is 0 Å². The van der Waals surface area contributed by atoms with Gasteiger partial charge in [0.2, 0.25) is 0 Å². The molecule has 1 aromatic heterocycles. The number of aliphatic hydroxyl groups is 1. The number of para-hydroxylation sites is 2. The largest absolute Gasteiger partial charge is 0.431 e. The maximum Gasteiger partial charge on any atom is 0.256 e. The number of thioether (sulfide) groups is 1. The van der Waals surface area contributed by atoms with E-state index in [4.69, 9.17) is 4.42 Å². The van der Waals surface area contributed by atoms with Crippen molar-refractivity contribution in [3.8, 4) is 0 Å². The summed E-state index contributed by atoms with van der Waals surface area (Å²) in [5.74, 6) is 0. The van der Waals surface area contributed by atoms with Gasteiger partial charge in [-0.05, 0) is 32.5 Å². The van der Waals surface area contributed by atoms with Gasteiger partial charge in [-0.2, -0.15) is 0 Å². The Balaban J connectivity index is 2.04. The van der Waals surface area contributed by atoms with Crippen molar-refractivity contribution < 1.29 is 9.52 Å². The van der Waals surface area contributed by atoms with Crippen LogP contribution >= 0.6 is 11.8 Å². The van der Waals surface area contributed by atoms with Gasteiger partial charge in [-0.25, -0.2) is 4.98 Å². The lowest BCUT2D eigenvalue weighted by Gasteiger charge is -2.29. The van der Waals surface area contributed by atoms with Crippen molar-refractivity contribution in [3.63, 3.8) is 0 Å². The van der Waals surface area contributed by atoms with E-state index < -0.39 is 0 Å². The number of hydrogen-bond donors (Lipinski definition) is 2. The molecule has 0 radical (unpaired) electrons.